The number of carbonyl (C=O) groups excluding carboxylic acids is 1. The molecule has 0 saturated heterocycles. The number of halogens is 3. The largest absolute Gasteiger partial charge is 0.416 e. The number of nitrogens with zero attached hydrogens (tertiary/aromatic N) is 1. The lowest BCUT2D eigenvalue weighted by Gasteiger charge is -2.18. The van der Waals surface area contributed by atoms with Crippen LogP contribution in [0.3, 0.4) is 0 Å². The lowest BCUT2D eigenvalue weighted by molar-refractivity contribution is -0.137. The number of hydrogen-bond acceptors (Lipinski definition) is 2. The van der Waals surface area contributed by atoms with Crippen LogP contribution in [0, 0.1) is 0 Å². The maximum Gasteiger partial charge on any atom is 0.416 e. The van der Waals surface area contributed by atoms with E-state index in [2.05, 4.69) is 5.32 Å². The summed E-state index contributed by atoms with van der Waals surface area (Å²) < 4.78 is 38.0. The highest BCUT2D eigenvalue weighted by atomic mass is 19.4. The van der Waals surface area contributed by atoms with Crippen molar-refractivity contribution in [2.75, 3.05) is 25.5 Å². The Labute approximate surface area is 139 Å². The third-order valence-corrected chi connectivity index (χ3v) is 3.64. The first kappa shape index (κ1) is 17.8. The SMILES string of the molecule is CN(CCc1ccccc1)C(=O)CNc1cccc(C(F)(F)F)c1. The zero-order valence-electron chi connectivity index (χ0n) is 13.3. The van der Waals surface area contributed by atoms with E-state index in [0.29, 0.717) is 6.54 Å². The molecule has 2 aromatic rings. The van der Waals surface area contributed by atoms with Crippen LogP contribution in [0.25, 0.3) is 0 Å². The number of nitrogens with one attached hydrogen (secondary N) is 1. The van der Waals surface area contributed by atoms with Gasteiger partial charge in [-0.15, -0.1) is 0 Å². The molecule has 1 amide bonds. The molecule has 0 bridgehead atoms. The van der Waals surface area contributed by atoms with Gasteiger partial charge in [-0.05, 0) is 30.2 Å². The molecule has 0 heterocycles. The van der Waals surface area contributed by atoms with E-state index < -0.39 is 11.7 Å². The topological polar surface area (TPSA) is 32.3 Å². The van der Waals surface area contributed by atoms with Crippen molar-refractivity contribution in [3.63, 3.8) is 0 Å². The van der Waals surface area contributed by atoms with Crippen molar-refractivity contribution in [2.45, 2.75) is 12.6 Å². The third-order valence-electron chi connectivity index (χ3n) is 3.64. The molecule has 0 aliphatic heterocycles. The van der Waals surface area contributed by atoms with Crippen LogP contribution in [0.2, 0.25) is 0 Å². The Morgan fingerprint density at radius 3 is 2.46 bits per heavy atom. The minimum Gasteiger partial charge on any atom is -0.376 e. The van der Waals surface area contributed by atoms with E-state index in [0.717, 1.165) is 24.1 Å². The van der Waals surface area contributed by atoms with Gasteiger partial charge in [0.2, 0.25) is 5.91 Å². The molecule has 0 atom stereocenters. The minimum absolute atomic E-state index is 0.0490. The summed E-state index contributed by atoms with van der Waals surface area (Å²) in [5, 5.41) is 2.74. The van der Waals surface area contributed by atoms with Crippen LogP contribution < -0.4 is 5.32 Å². The standard InChI is InChI=1S/C18H19F3N2O/c1-23(11-10-14-6-3-2-4-7-14)17(24)13-22-16-9-5-8-15(12-16)18(19,20)21/h2-9,12,22H,10-11,13H2,1H3. The van der Waals surface area contributed by atoms with Gasteiger partial charge in [-0.25, -0.2) is 0 Å². The molecule has 6 heteroatoms. The van der Waals surface area contributed by atoms with Gasteiger partial charge in [0, 0.05) is 19.3 Å². The van der Waals surface area contributed by atoms with Gasteiger partial charge >= 0.3 is 6.18 Å². The molecule has 2 aromatic carbocycles. The molecule has 0 saturated carbocycles. The molecule has 1 N–H and O–H groups in total. The van der Waals surface area contributed by atoms with Gasteiger partial charge in [-0.2, -0.15) is 13.2 Å². The van der Waals surface area contributed by atoms with E-state index in [1.807, 2.05) is 30.3 Å². The molecule has 3 nitrogen and oxygen atoms in total. The van der Waals surface area contributed by atoms with Crippen molar-refractivity contribution in [1.82, 2.24) is 4.90 Å². The zero-order valence-corrected chi connectivity index (χ0v) is 13.3. The number of carbonyl (C=O) groups is 1. The van der Waals surface area contributed by atoms with Gasteiger partial charge in [-0.1, -0.05) is 36.4 Å². The Morgan fingerprint density at radius 1 is 1.08 bits per heavy atom. The predicted molar refractivity (Wildman–Crippen MR) is 87.7 cm³/mol. The fourth-order valence-electron chi connectivity index (χ4n) is 2.18. The fourth-order valence-corrected chi connectivity index (χ4v) is 2.18. The maximum atomic E-state index is 12.7. The van der Waals surface area contributed by atoms with Crippen molar-refractivity contribution < 1.29 is 18.0 Å². The highest BCUT2D eigenvalue weighted by Crippen LogP contribution is 2.30. The summed E-state index contributed by atoms with van der Waals surface area (Å²) in [7, 11) is 1.68. The Morgan fingerprint density at radius 2 is 1.79 bits per heavy atom. The van der Waals surface area contributed by atoms with Crippen LogP contribution in [0.4, 0.5) is 18.9 Å². The van der Waals surface area contributed by atoms with Crippen LogP contribution in [0.1, 0.15) is 11.1 Å². The minimum atomic E-state index is -4.39. The molecule has 0 radical (unpaired) electrons. The molecule has 24 heavy (non-hydrogen) atoms. The van der Waals surface area contributed by atoms with Gasteiger partial charge in [-0.3, -0.25) is 4.79 Å². The van der Waals surface area contributed by atoms with Gasteiger partial charge in [0.25, 0.3) is 0 Å². The first-order chi connectivity index (χ1) is 11.4. The summed E-state index contributed by atoms with van der Waals surface area (Å²) in [4.78, 5) is 13.6. The van der Waals surface area contributed by atoms with Gasteiger partial charge in [0.05, 0.1) is 12.1 Å². The van der Waals surface area contributed by atoms with Crippen LogP contribution in [-0.4, -0.2) is 30.9 Å². The second-order valence-electron chi connectivity index (χ2n) is 5.48. The third kappa shape index (κ3) is 5.30. The zero-order chi connectivity index (χ0) is 17.6. The first-order valence-electron chi connectivity index (χ1n) is 7.55. The second kappa shape index (κ2) is 7.86. The average Bonchev–Trinajstić information content (AvgIpc) is 2.58. The van der Waals surface area contributed by atoms with Gasteiger partial charge in [0.15, 0.2) is 0 Å². The monoisotopic (exact) mass is 336 g/mol. The first-order valence-corrected chi connectivity index (χ1v) is 7.55. The number of hydrogen-bond donors (Lipinski definition) is 1. The number of likely N-dealkylation sites (N-methyl/N-ethyl adjacent to an activating group) is 1. The van der Waals surface area contributed by atoms with Crippen LogP contribution in [0.15, 0.2) is 54.6 Å². The highest BCUT2D eigenvalue weighted by Gasteiger charge is 2.30. The van der Waals surface area contributed by atoms with E-state index in [-0.39, 0.29) is 18.1 Å². The van der Waals surface area contributed by atoms with E-state index >= 15 is 0 Å². The molecular formula is C18H19F3N2O. The van der Waals surface area contributed by atoms with Crippen LogP contribution >= 0.6 is 0 Å². The highest BCUT2D eigenvalue weighted by molar-refractivity contribution is 5.80. The van der Waals surface area contributed by atoms with Crippen molar-refractivity contribution in [3.05, 3.63) is 65.7 Å². The fraction of sp³-hybridized carbons (Fsp3) is 0.278. The smallest absolute Gasteiger partial charge is 0.376 e. The molecular weight excluding hydrogens is 317 g/mol. The van der Waals surface area contributed by atoms with Crippen molar-refractivity contribution >= 4 is 11.6 Å². The number of rotatable bonds is 6. The Balaban J connectivity index is 1.84. The quantitative estimate of drug-likeness (QED) is 0.870. The number of anilines is 1. The molecule has 128 valence electrons. The molecule has 0 aliphatic carbocycles. The predicted octanol–water partition coefficient (Wildman–Crippen LogP) is 3.82. The van der Waals surface area contributed by atoms with Crippen LogP contribution in [0.5, 0.6) is 0 Å². The molecule has 0 unspecified atom stereocenters. The summed E-state index contributed by atoms with van der Waals surface area (Å²) >= 11 is 0. The maximum absolute atomic E-state index is 12.7. The van der Waals surface area contributed by atoms with Crippen molar-refractivity contribution in [1.29, 1.82) is 0 Å². The normalized spacial score (nSPS) is 11.2. The molecule has 0 fully saturated rings. The summed E-state index contributed by atoms with van der Waals surface area (Å²) in [6, 6.07) is 14.6. The number of alkyl halides is 3. The van der Waals surface area contributed by atoms with E-state index in [4.69, 9.17) is 0 Å². The Bertz CT molecular complexity index is 671. The summed E-state index contributed by atoms with van der Waals surface area (Å²) in [6.45, 7) is 0.500. The average molecular weight is 336 g/mol. The molecule has 0 spiro atoms. The Kier molecular flexibility index (Phi) is 5.84. The number of benzene rings is 2. The van der Waals surface area contributed by atoms with Crippen LogP contribution in [-0.2, 0) is 17.4 Å². The lowest BCUT2D eigenvalue weighted by atomic mass is 10.1. The van der Waals surface area contributed by atoms with Crippen molar-refractivity contribution in [2.24, 2.45) is 0 Å². The molecule has 2 rings (SSSR count). The van der Waals surface area contributed by atoms with Gasteiger partial charge in [0.1, 0.15) is 0 Å². The number of amides is 1. The molecule has 0 aromatic heterocycles. The van der Waals surface area contributed by atoms with Gasteiger partial charge < -0.3 is 10.2 Å². The Hall–Kier alpha value is -2.50. The lowest BCUT2D eigenvalue weighted by Crippen LogP contribution is -2.33. The summed E-state index contributed by atoms with van der Waals surface area (Å²) in [5.41, 5.74) is 0.662. The van der Waals surface area contributed by atoms with E-state index in [1.165, 1.54) is 12.1 Å². The molecule has 0 aliphatic rings. The van der Waals surface area contributed by atoms with Crippen molar-refractivity contribution in [3.8, 4) is 0 Å². The van der Waals surface area contributed by atoms with E-state index in [9.17, 15) is 18.0 Å². The summed E-state index contributed by atoms with van der Waals surface area (Å²) in [6.07, 6.45) is -3.67. The summed E-state index contributed by atoms with van der Waals surface area (Å²) in [5.74, 6) is -0.177. The second-order valence-corrected chi connectivity index (χ2v) is 5.48. The van der Waals surface area contributed by atoms with E-state index in [1.54, 1.807) is 11.9 Å².